The number of ether oxygens (including phenoxy) is 2. The van der Waals surface area contributed by atoms with E-state index in [1.807, 2.05) is 0 Å². The van der Waals surface area contributed by atoms with E-state index in [1.165, 1.54) is 0 Å². The average molecular weight is 271 g/mol. The van der Waals surface area contributed by atoms with Gasteiger partial charge >= 0.3 is 7.12 Å². The van der Waals surface area contributed by atoms with Crippen molar-refractivity contribution in [3.63, 3.8) is 0 Å². The second kappa shape index (κ2) is 6.10. The molecule has 2 fully saturated rings. The quantitative estimate of drug-likeness (QED) is 0.550. The molecule has 0 atom stereocenters. The maximum atomic E-state index is 5.88. The molecule has 19 heavy (non-hydrogen) atoms. The van der Waals surface area contributed by atoms with E-state index in [-0.39, 0.29) is 18.3 Å². The minimum absolute atomic E-state index is 0.255. The molecule has 2 aliphatic heterocycles. The molecule has 5 nitrogen and oxygen atoms in total. The van der Waals surface area contributed by atoms with E-state index in [4.69, 9.17) is 18.8 Å². The van der Waals surface area contributed by atoms with Crippen LogP contribution in [0, 0.1) is 0 Å². The maximum Gasteiger partial charge on any atom is 0.485 e. The smallest absolute Gasteiger partial charge is 0.402 e. The molecule has 2 saturated heterocycles. The third kappa shape index (κ3) is 3.92. The lowest BCUT2D eigenvalue weighted by atomic mass is 9.90. The van der Waals surface area contributed by atoms with Crippen molar-refractivity contribution in [2.45, 2.75) is 38.9 Å². The van der Waals surface area contributed by atoms with Crippen molar-refractivity contribution in [2.24, 2.45) is 0 Å². The first-order valence-electron chi connectivity index (χ1n) is 7.14. The molecule has 0 aromatic rings. The average Bonchev–Trinajstić information content (AvgIpc) is 2.55. The second-order valence-corrected chi connectivity index (χ2v) is 6.21. The van der Waals surface area contributed by atoms with Crippen LogP contribution in [-0.4, -0.2) is 69.2 Å². The number of hydrogen-bond donors (Lipinski definition) is 0. The van der Waals surface area contributed by atoms with Crippen molar-refractivity contribution in [1.82, 2.24) is 4.90 Å². The molecule has 2 aliphatic rings. The van der Waals surface area contributed by atoms with Crippen molar-refractivity contribution in [1.29, 1.82) is 0 Å². The van der Waals surface area contributed by atoms with Gasteiger partial charge in [0.15, 0.2) is 0 Å². The molecule has 0 bridgehead atoms. The molecule has 2 heterocycles. The minimum Gasteiger partial charge on any atom is -0.402 e. The summed E-state index contributed by atoms with van der Waals surface area (Å²) in [5.41, 5.74) is -0.545. The molecular weight excluding hydrogens is 245 g/mol. The summed E-state index contributed by atoms with van der Waals surface area (Å²) in [7, 11) is -0.255. The molecule has 0 spiro atoms. The number of rotatable bonds is 5. The first-order valence-corrected chi connectivity index (χ1v) is 7.14. The normalized spacial score (nSPS) is 26.8. The van der Waals surface area contributed by atoms with Crippen molar-refractivity contribution in [2.75, 3.05) is 46.0 Å². The number of morpholine rings is 1. The highest BCUT2D eigenvalue weighted by atomic mass is 16.7. The number of nitrogens with zero attached hydrogens (tertiary/aromatic N) is 1. The lowest BCUT2D eigenvalue weighted by Crippen LogP contribution is -2.41. The summed E-state index contributed by atoms with van der Waals surface area (Å²) in [4.78, 5) is 2.35. The molecule has 0 radical (unpaired) electrons. The Morgan fingerprint density at radius 1 is 1.05 bits per heavy atom. The second-order valence-electron chi connectivity index (χ2n) is 6.21. The third-order valence-corrected chi connectivity index (χ3v) is 4.21. The van der Waals surface area contributed by atoms with Crippen molar-refractivity contribution >= 4 is 7.12 Å². The Balaban J connectivity index is 1.61. The lowest BCUT2D eigenvalue weighted by Gasteiger charge is -2.32. The van der Waals surface area contributed by atoms with Gasteiger partial charge in [-0.3, -0.25) is 4.90 Å². The molecule has 0 aromatic heterocycles. The van der Waals surface area contributed by atoms with E-state index in [9.17, 15) is 0 Å². The largest absolute Gasteiger partial charge is 0.485 e. The zero-order valence-electron chi connectivity index (χ0n) is 12.6. The Hall–Kier alpha value is -0.135. The highest BCUT2D eigenvalue weighted by Gasteiger charge is 2.51. The lowest BCUT2D eigenvalue weighted by molar-refractivity contribution is 0.00578. The van der Waals surface area contributed by atoms with Crippen molar-refractivity contribution in [3.8, 4) is 0 Å². The van der Waals surface area contributed by atoms with E-state index in [0.717, 1.165) is 32.8 Å². The molecule has 0 aliphatic carbocycles. The number of hydrogen-bond acceptors (Lipinski definition) is 5. The van der Waals surface area contributed by atoms with Crippen LogP contribution in [-0.2, 0) is 18.8 Å². The first-order chi connectivity index (χ1) is 8.91. The summed E-state index contributed by atoms with van der Waals surface area (Å²) < 4.78 is 22.7. The molecule has 0 unspecified atom stereocenters. The van der Waals surface area contributed by atoms with Crippen LogP contribution in [0.4, 0.5) is 0 Å². The van der Waals surface area contributed by atoms with Gasteiger partial charge in [-0.1, -0.05) is 0 Å². The predicted octanol–water partition coefficient (Wildman–Crippen LogP) is 0.967. The summed E-state index contributed by atoms with van der Waals surface area (Å²) in [5.74, 6) is 0. The molecule has 0 N–H and O–H groups in total. The first kappa shape index (κ1) is 15.3. The summed E-state index contributed by atoms with van der Waals surface area (Å²) in [5, 5.41) is 0. The van der Waals surface area contributed by atoms with Gasteiger partial charge in [-0.2, -0.15) is 0 Å². The Bertz CT molecular complexity index is 276. The van der Waals surface area contributed by atoms with Crippen LogP contribution in [0.3, 0.4) is 0 Å². The molecule has 0 aromatic carbocycles. The maximum absolute atomic E-state index is 5.88. The zero-order chi connectivity index (χ0) is 13.9. The van der Waals surface area contributed by atoms with Gasteiger partial charge in [-0.05, 0) is 27.7 Å². The Morgan fingerprint density at radius 3 is 2.21 bits per heavy atom. The zero-order valence-corrected chi connectivity index (χ0v) is 12.6. The van der Waals surface area contributed by atoms with E-state index in [2.05, 4.69) is 32.6 Å². The monoisotopic (exact) mass is 271 g/mol. The van der Waals surface area contributed by atoms with Gasteiger partial charge in [0.05, 0.1) is 37.5 Å². The van der Waals surface area contributed by atoms with E-state index < -0.39 is 0 Å². The van der Waals surface area contributed by atoms with Crippen LogP contribution >= 0.6 is 0 Å². The van der Waals surface area contributed by atoms with Gasteiger partial charge in [0.2, 0.25) is 0 Å². The van der Waals surface area contributed by atoms with Crippen molar-refractivity contribution in [3.05, 3.63) is 0 Å². The summed E-state index contributed by atoms with van der Waals surface area (Å²) >= 11 is 0. The molecule has 0 amide bonds. The molecular formula is C13H26BNO4. The van der Waals surface area contributed by atoms with Crippen LogP contribution in [0.1, 0.15) is 27.7 Å². The SMILES string of the molecule is CC1(C)OB(COCCN2CCOCC2)OC1(C)C. The van der Waals surface area contributed by atoms with E-state index in [1.54, 1.807) is 0 Å². The fourth-order valence-corrected chi connectivity index (χ4v) is 2.23. The molecule has 6 heteroatoms. The van der Waals surface area contributed by atoms with Gasteiger partial charge in [-0.25, -0.2) is 0 Å². The van der Waals surface area contributed by atoms with Crippen LogP contribution < -0.4 is 0 Å². The summed E-state index contributed by atoms with van der Waals surface area (Å²) in [6.45, 7) is 14.0. The predicted molar refractivity (Wildman–Crippen MR) is 74.2 cm³/mol. The highest BCUT2D eigenvalue weighted by molar-refractivity contribution is 6.45. The standard InChI is InChI=1S/C13H26BNO4/c1-12(2)13(3,4)19-14(18-12)11-17-10-7-15-5-8-16-9-6-15/h5-11H2,1-4H3. The van der Waals surface area contributed by atoms with Gasteiger partial charge in [0, 0.05) is 19.6 Å². The highest BCUT2D eigenvalue weighted by Crippen LogP contribution is 2.36. The van der Waals surface area contributed by atoms with E-state index >= 15 is 0 Å². The summed E-state index contributed by atoms with van der Waals surface area (Å²) in [6.07, 6.45) is 0. The van der Waals surface area contributed by atoms with Gasteiger partial charge < -0.3 is 18.8 Å². The Morgan fingerprint density at radius 2 is 1.63 bits per heavy atom. The fraction of sp³-hybridized carbons (Fsp3) is 1.00. The van der Waals surface area contributed by atoms with Gasteiger partial charge in [-0.15, -0.1) is 0 Å². The van der Waals surface area contributed by atoms with Gasteiger partial charge in [0.1, 0.15) is 0 Å². The third-order valence-electron chi connectivity index (χ3n) is 4.21. The van der Waals surface area contributed by atoms with Crippen molar-refractivity contribution < 1.29 is 18.8 Å². The molecule has 2 rings (SSSR count). The Labute approximate surface area is 116 Å². The Kier molecular flexibility index (Phi) is 4.90. The van der Waals surface area contributed by atoms with Crippen LogP contribution in [0.15, 0.2) is 0 Å². The van der Waals surface area contributed by atoms with Crippen LogP contribution in [0.5, 0.6) is 0 Å². The minimum atomic E-state index is -0.273. The molecule has 110 valence electrons. The fourth-order valence-electron chi connectivity index (χ4n) is 2.23. The van der Waals surface area contributed by atoms with Crippen LogP contribution in [0.2, 0.25) is 0 Å². The topological polar surface area (TPSA) is 40.2 Å². The summed E-state index contributed by atoms with van der Waals surface area (Å²) in [6, 6.07) is 0. The molecule has 0 saturated carbocycles. The van der Waals surface area contributed by atoms with E-state index in [0.29, 0.717) is 13.1 Å². The van der Waals surface area contributed by atoms with Gasteiger partial charge in [0.25, 0.3) is 0 Å². The van der Waals surface area contributed by atoms with Crippen LogP contribution in [0.25, 0.3) is 0 Å².